The molecule has 6 heteroatoms. The monoisotopic (exact) mass is 1100 g/mol. The summed E-state index contributed by atoms with van der Waals surface area (Å²) in [5.74, 6) is -0.905. The van der Waals surface area contributed by atoms with Crippen molar-refractivity contribution in [2.24, 2.45) is 0 Å². The molecule has 1 atom stereocenters. The van der Waals surface area contributed by atoms with Crippen LogP contribution in [-0.2, 0) is 28.6 Å². The van der Waals surface area contributed by atoms with Gasteiger partial charge in [-0.1, -0.05) is 279 Å². The van der Waals surface area contributed by atoms with Crippen LogP contribution in [0.3, 0.4) is 0 Å². The summed E-state index contributed by atoms with van der Waals surface area (Å²) in [5.41, 5.74) is 0. The lowest BCUT2D eigenvalue weighted by atomic mass is 10.1. The Balaban J connectivity index is 4.40. The standard InChI is InChI=1S/C73H126O6/c1-4-7-10-13-16-19-22-25-28-30-32-34-36-38-40-42-45-48-51-54-57-60-63-66-72(75)78-69-70(68-77-71(74)65-62-59-56-53-50-47-44-27-24-21-18-15-12-9-6-3)79-73(76)67-64-61-58-55-52-49-46-43-41-39-37-35-33-31-29-26-23-20-17-14-11-8-5-2/h18,21-23,25-27,30-33,36-39,44,70H,4-17,19-20,24,28-29,34-35,40-43,45-69H2,1-3H3/b21-18-,25-22-,26-23-,32-30-,33-31-,38-36-,39-37-,44-27-. The van der Waals surface area contributed by atoms with E-state index in [1.165, 1.54) is 167 Å². The number of unbranched alkanes of at least 4 members (excludes halogenated alkanes) is 34. The molecule has 454 valence electrons. The zero-order valence-electron chi connectivity index (χ0n) is 52.1. The number of carbonyl (C=O) groups excluding carboxylic acids is 3. The van der Waals surface area contributed by atoms with Gasteiger partial charge in [0.15, 0.2) is 6.10 Å². The van der Waals surface area contributed by atoms with Crippen molar-refractivity contribution in [3.63, 3.8) is 0 Å². The van der Waals surface area contributed by atoms with Crippen LogP contribution in [0.4, 0.5) is 0 Å². The molecular weight excluding hydrogens is 973 g/mol. The molecular formula is C73H126O6. The maximum atomic E-state index is 12.9. The highest BCUT2D eigenvalue weighted by Crippen LogP contribution is 2.16. The second-order valence-corrected chi connectivity index (χ2v) is 22.4. The van der Waals surface area contributed by atoms with Crippen LogP contribution >= 0.6 is 0 Å². The molecule has 0 aromatic rings. The van der Waals surface area contributed by atoms with Crippen molar-refractivity contribution in [1.29, 1.82) is 0 Å². The van der Waals surface area contributed by atoms with Gasteiger partial charge in [0.25, 0.3) is 0 Å². The second kappa shape index (κ2) is 66.8. The molecule has 0 radical (unpaired) electrons. The zero-order chi connectivity index (χ0) is 57.1. The van der Waals surface area contributed by atoms with Crippen molar-refractivity contribution in [3.8, 4) is 0 Å². The molecule has 0 aromatic heterocycles. The predicted molar refractivity (Wildman–Crippen MR) is 344 cm³/mol. The molecule has 0 rings (SSSR count). The van der Waals surface area contributed by atoms with E-state index in [-0.39, 0.29) is 31.1 Å². The van der Waals surface area contributed by atoms with Crippen LogP contribution in [0.2, 0.25) is 0 Å². The van der Waals surface area contributed by atoms with Crippen LogP contribution in [0.1, 0.15) is 329 Å². The third-order valence-corrected chi connectivity index (χ3v) is 14.5. The third-order valence-electron chi connectivity index (χ3n) is 14.5. The molecule has 0 aliphatic carbocycles. The van der Waals surface area contributed by atoms with Crippen LogP contribution < -0.4 is 0 Å². The van der Waals surface area contributed by atoms with E-state index < -0.39 is 6.10 Å². The van der Waals surface area contributed by atoms with Crippen LogP contribution in [-0.4, -0.2) is 37.2 Å². The first kappa shape index (κ1) is 75.3. The van der Waals surface area contributed by atoms with Crippen LogP contribution in [0.5, 0.6) is 0 Å². The van der Waals surface area contributed by atoms with E-state index in [0.29, 0.717) is 19.3 Å². The fourth-order valence-corrected chi connectivity index (χ4v) is 9.43. The minimum absolute atomic E-state index is 0.0888. The van der Waals surface area contributed by atoms with Gasteiger partial charge in [0.05, 0.1) is 0 Å². The summed E-state index contributed by atoms with van der Waals surface area (Å²) in [5, 5.41) is 0. The van der Waals surface area contributed by atoms with Gasteiger partial charge in [-0.3, -0.25) is 14.4 Å². The predicted octanol–water partition coefficient (Wildman–Crippen LogP) is 23.2. The van der Waals surface area contributed by atoms with Crippen LogP contribution in [0.15, 0.2) is 97.2 Å². The first-order valence-electron chi connectivity index (χ1n) is 33.7. The van der Waals surface area contributed by atoms with E-state index in [4.69, 9.17) is 14.2 Å². The molecule has 0 amide bonds. The van der Waals surface area contributed by atoms with Crippen molar-refractivity contribution in [1.82, 2.24) is 0 Å². The Labute approximate surface area is 489 Å². The third kappa shape index (κ3) is 65.0. The Bertz CT molecular complexity index is 1540. The number of rotatable bonds is 61. The van der Waals surface area contributed by atoms with Crippen molar-refractivity contribution in [3.05, 3.63) is 97.2 Å². The number of hydrogen-bond acceptors (Lipinski definition) is 6. The molecule has 1 unspecified atom stereocenters. The SMILES string of the molecule is CCCCC/C=C\C/C=C\CCCCCCCC(=O)OCC(COC(=O)CCCCCCCCCC/C=C\C/C=C\C/C=C\CCCCCCC)OC(=O)CCCCCCCCCC/C=C\C/C=C\C/C=C\CCCCCCC. The molecule has 6 nitrogen and oxygen atoms in total. The van der Waals surface area contributed by atoms with Gasteiger partial charge < -0.3 is 14.2 Å². The van der Waals surface area contributed by atoms with Crippen molar-refractivity contribution < 1.29 is 28.6 Å². The maximum absolute atomic E-state index is 12.9. The fraction of sp³-hybridized carbons (Fsp3) is 0.740. The summed E-state index contributed by atoms with van der Waals surface area (Å²) in [4.78, 5) is 38.4. The summed E-state index contributed by atoms with van der Waals surface area (Å²) in [6, 6.07) is 0. The molecule has 0 bridgehead atoms. The minimum Gasteiger partial charge on any atom is -0.462 e. The Kier molecular flexibility index (Phi) is 63.7. The van der Waals surface area contributed by atoms with Gasteiger partial charge in [-0.2, -0.15) is 0 Å². The number of allylic oxidation sites excluding steroid dienone is 16. The summed E-state index contributed by atoms with van der Waals surface area (Å²) < 4.78 is 16.9. The number of esters is 3. The molecule has 0 saturated carbocycles. The van der Waals surface area contributed by atoms with Gasteiger partial charge in [0.1, 0.15) is 13.2 Å². The molecule has 0 aromatic carbocycles. The summed E-state index contributed by atoms with van der Waals surface area (Å²) in [6.07, 6.45) is 89.8. The van der Waals surface area contributed by atoms with E-state index in [0.717, 1.165) is 122 Å². The second-order valence-electron chi connectivity index (χ2n) is 22.4. The maximum Gasteiger partial charge on any atom is 0.306 e. The van der Waals surface area contributed by atoms with Gasteiger partial charge in [-0.05, 0) is 128 Å². The topological polar surface area (TPSA) is 78.9 Å². The largest absolute Gasteiger partial charge is 0.462 e. The molecule has 0 fully saturated rings. The highest BCUT2D eigenvalue weighted by molar-refractivity contribution is 5.71. The zero-order valence-corrected chi connectivity index (χ0v) is 52.1. The Morgan fingerprint density at radius 2 is 0.456 bits per heavy atom. The van der Waals surface area contributed by atoms with Crippen molar-refractivity contribution >= 4 is 17.9 Å². The number of carbonyl (C=O) groups is 3. The molecule has 0 heterocycles. The normalized spacial score (nSPS) is 12.7. The Morgan fingerprint density at radius 3 is 0.734 bits per heavy atom. The van der Waals surface area contributed by atoms with E-state index in [9.17, 15) is 14.4 Å². The quantitative estimate of drug-likeness (QED) is 0.0261. The smallest absolute Gasteiger partial charge is 0.306 e. The van der Waals surface area contributed by atoms with E-state index in [1.54, 1.807) is 0 Å². The molecule has 0 aliphatic rings. The Hall–Kier alpha value is -3.67. The molecule has 0 N–H and O–H groups in total. The first-order valence-corrected chi connectivity index (χ1v) is 33.7. The van der Waals surface area contributed by atoms with Crippen LogP contribution in [0, 0.1) is 0 Å². The number of ether oxygens (including phenoxy) is 3. The van der Waals surface area contributed by atoms with Gasteiger partial charge in [0, 0.05) is 19.3 Å². The van der Waals surface area contributed by atoms with Crippen molar-refractivity contribution in [2.45, 2.75) is 335 Å². The molecule has 0 saturated heterocycles. The molecule has 0 aliphatic heterocycles. The lowest BCUT2D eigenvalue weighted by Gasteiger charge is -2.18. The lowest BCUT2D eigenvalue weighted by molar-refractivity contribution is -0.167. The van der Waals surface area contributed by atoms with Gasteiger partial charge in [-0.25, -0.2) is 0 Å². The number of hydrogen-bond donors (Lipinski definition) is 0. The molecule has 79 heavy (non-hydrogen) atoms. The van der Waals surface area contributed by atoms with Gasteiger partial charge in [-0.15, -0.1) is 0 Å². The van der Waals surface area contributed by atoms with E-state index >= 15 is 0 Å². The lowest BCUT2D eigenvalue weighted by Crippen LogP contribution is -2.30. The van der Waals surface area contributed by atoms with Crippen LogP contribution in [0.25, 0.3) is 0 Å². The highest BCUT2D eigenvalue weighted by atomic mass is 16.6. The van der Waals surface area contributed by atoms with E-state index in [2.05, 4.69) is 118 Å². The Morgan fingerprint density at radius 1 is 0.253 bits per heavy atom. The summed E-state index contributed by atoms with van der Waals surface area (Å²) in [7, 11) is 0. The average molecular weight is 1100 g/mol. The fourth-order valence-electron chi connectivity index (χ4n) is 9.43. The van der Waals surface area contributed by atoms with Gasteiger partial charge in [0.2, 0.25) is 0 Å². The molecule has 0 spiro atoms. The van der Waals surface area contributed by atoms with E-state index in [1.807, 2.05) is 0 Å². The van der Waals surface area contributed by atoms with Crippen molar-refractivity contribution in [2.75, 3.05) is 13.2 Å². The highest BCUT2D eigenvalue weighted by Gasteiger charge is 2.19. The minimum atomic E-state index is -0.794. The summed E-state index contributed by atoms with van der Waals surface area (Å²) in [6.45, 7) is 6.60. The first-order chi connectivity index (χ1) is 39.0. The summed E-state index contributed by atoms with van der Waals surface area (Å²) >= 11 is 0. The average Bonchev–Trinajstić information content (AvgIpc) is 3.45. The van der Waals surface area contributed by atoms with Gasteiger partial charge >= 0.3 is 17.9 Å².